The lowest BCUT2D eigenvalue weighted by molar-refractivity contribution is 0.136. The summed E-state index contributed by atoms with van der Waals surface area (Å²) in [6.07, 6.45) is 8.17. The molecule has 0 aliphatic heterocycles. The maximum absolute atomic E-state index is 5.84. The predicted molar refractivity (Wildman–Crippen MR) is 68.5 cm³/mol. The Balaban J connectivity index is 2.35. The fourth-order valence-corrected chi connectivity index (χ4v) is 2.59. The zero-order valence-electron chi connectivity index (χ0n) is 10.9. The topological polar surface area (TPSA) is 47.3 Å². The van der Waals surface area contributed by atoms with E-state index in [0.29, 0.717) is 24.5 Å². The number of hydrogen-bond acceptors (Lipinski definition) is 3. The van der Waals surface area contributed by atoms with Crippen molar-refractivity contribution in [3.05, 3.63) is 0 Å². The largest absolute Gasteiger partial charge is 0.384 e. The number of hydrogen-bond donors (Lipinski definition) is 2. The van der Waals surface area contributed by atoms with Crippen LogP contribution in [0.25, 0.3) is 0 Å². The summed E-state index contributed by atoms with van der Waals surface area (Å²) in [5, 5.41) is 3.73. The van der Waals surface area contributed by atoms with Gasteiger partial charge in [0.1, 0.15) is 0 Å². The Morgan fingerprint density at radius 1 is 1.25 bits per heavy atom. The maximum Gasteiger partial charge on any atom is 0.0503 e. The molecule has 2 atom stereocenters. The van der Waals surface area contributed by atoms with Gasteiger partial charge in [0, 0.05) is 25.7 Å². The normalized spacial score (nSPS) is 22.7. The Kier molecular flexibility index (Phi) is 7.01. The first kappa shape index (κ1) is 13.9. The third-order valence-electron chi connectivity index (χ3n) is 3.68. The van der Waals surface area contributed by atoms with E-state index in [9.17, 15) is 0 Å². The van der Waals surface area contributed by atoms with Crippen molar-refractivity contribution in [2.75, 3.05) is 20.3 Å². The molecule has 3 heteroatoms. The predicted octanol–water partition coefficient (Wildman–Crippen LogP) is 1.91. The van der Waals surface area contributed by atoms with Crippen molar-refractivity contribution in [3.8, 4) is 0 Å². The van der Waals surface area contributed by atoms with Crippen LogP contribution in [-0.4, -0.2) is 32.3 Å². The first-order valence-corrected chi connectivity index (χ1v) is 6.73. The molecule has 0 aromatic heterocycles. The Labute approximate surface area is 100 Å². The molecule has 0 saturated heterocycles. The summed E-state index contributed by atoms with van der Waals surface area (Å²) in [6.45, 7) is 3.72. The van der Waals surface area contributed by atoms with E-state index < -0.39 is 0 Å². The number of rotatable bonds is 6. The molecule has 16 heavy (non-hydrogen) atoms. The summed E-state index contributed by atoms with van der Waals surface area (Å²) in [4.78, 5) is 0. The van der Waals surface area contributed by atoms with Crippen LogP contribution in [0.3, 0.4) is 0 Å². The lowest BCUT2D eigenvalue weighted by atomic mass is 10.00. The van der Waals surface area contributed by atoms with E-state index >= 15 is 0 Å². The molecular weight excluding hydrogens is 200 g/mol. The van der Waals surface area contributed by atoms with Crippen LogP contribution in [0.15, 0.2) is 0 Å². The average molecular weight is 228 g/mol. The molecule has 1 aliphatic carbocycles. The molecular formula is C13H28N2O. The van der Waals surface area contributed by atoms with Crippen LogP contribution < -0.4 is 11.1 Å². The van der Waals surface area contributed by atoms with Crippen LogP contribution >= 0.6 is 0 Å². The van der Waals surface area contributed by atoms with Gasteiger partial charge in [0.05, 0.1) is 6.61 Å². The van der Waals surface area contributed by atoms with Crippen LogP contribution in [-0.2, 0) is 4.74 Å². The Hall–Kier alpha value is -0.120. The molecule has 2 unspecified atom stereocenters. The number of methoxy groups -OCH3 is 1. The second-order valence-electron chi connectivity index (χ2n) is 5.13. The van der Waals surface area contributed by atoms with Crippen molar-refractivity contribution in [2.45, 2.75) is 57.5 Å². The molecule has 96 valence electrons. The lowest BCUT2D eigenvalue weighted by Crippen LogP contribution is -2.47. The van der Waals surface area contributed by atoms with Gasteiger partial charge in [0.15, 0.2) is 0 Å². The summed E-state index contributed by atoms with van der Waals surface area (Å²) < 4.78 is 5.20. The Morgan fingerprint density at radius 3 is 2.38 bits per heavy atom. The van der Waals surface area contributed by atoms with Gasteiger partial charge in [0.2, 0.25) is 0 Å². The molecule has 0 spiro atoms. The molecule has 1 saturated carbocycles. The highest BCUT2D eigenvalue weighted by atomic mass is 16.5. The molecule has 0 aromatic carbocycles. The van der Waals surface area contributed by atoms with Gasteiger partial charge in [-0.05, 0) is 18.8 Å². The zero-order valence-corrected chi connectivity index (χ0v) is 10.9. The average Bonchev–Trinajstić information content (AvgIpc) is 2.54. The standard InChI is InChI=1S/C13H28N2O/c1-11(10-16-2)13(9-14)15-12-7-5-3-4-6-8-12/h11-13,15H,3-10,14H2,1-2H3. The van der Waals surface area contributed by atoms with Crippen molar-refractivity contribution < 1.29 is 4.74 Å². The molecule has 3 N–H and O–H groups in total. The highest BCUT2D eigenvalue weighted by Crippen LogP contribution is 2.18. The van der Waals surface area contributed by atoms with Crippen LogP contribution in [0.1, 0.15) is 45.4 Å². The van der Waals surface area contributed by atoms with Crippen molar-refractivity contribution >= 4 is 0 Å². The number of nitrogens with two attached hydrogens (primary N) is 1. The highest BCUT2D eigenvalue weighted by Gasteiger charge is 2.20. The third kappa shape index (κ3) is 4.81. The summed E-state index contributed by atoms with van der Waals surface area (Å²) in [5.41, 5.74) is 5.84. The lowest BCUT2D eigenvalue weighted by Gasteiger charge is -2.28. The Morgan fingerprint density at radius 2 is 1.88 bits per heavy atom. The van der Waals surface area contributed by atoms with Gasteiger partial charge in [-0.25, -0.2) is 0 Å². The van der Waals surface area contributed by atoms with Gasteiger partial charge >= 0.3 is 0 Å². The van der Waals surface area contributed by atoms with Crippen molar-refractivity contribution in [2.24, 2.45) is 11.7 Å². The molecule has 0 heterocycles. The van der Waals surface area contributed by atoms with Gasteiger partial charge in [-0.15, -0.1) is 0 Å². The van der Waals surface area contributed by atoms with E-state index in [2.05, 4.69) is 12.2 Å². The minimum Gasteiger partial charge on any atom is -0.384 e. The van der Waals surface area contributed by atoms with Gasteiger partial charge in [-0.3, -0.25) is 0 Å². The van der Waals surface area contributed by atoms with E-state index in [1.165, 1.54) is 38.5 Å². The molecule has 0 aromatic rings. The van der Waals surface area contributed by atoms with Gasteiger partial charge < -0.3 is 15.8 Å². The van der Waals surface area contributed by atoms with E-state index in [-0.39, 0.29) is 0 Å². The van der Waals surface area contributed by atoms with E-state index in [0.717, 1.165) is 6.61 Å². The molecule has 0 bridgehead atoms. The van der Waals surface area contributed by atoms with Crippen LogP contribution in [0.5, 0.6) is 0 Å². The highest BCUT2D eigenvalue weighted by molar-refractivity contribution is 4.80. The smallest absolute Gasteiger partial charge is 0.0503 e. The Bertz CT molecular complexity index is 167. The molecule has 1 rings (SSSR count). The SMILES string of the molecule is COCC(C)C(CN)NC1CCCCCC1. The molecule has 1 aliphatic rings. The van der Waals surface area contributed by atoms with Crippen molar-refractivity contribution in [3.63, 3.8) is 0 Å². The zero-order chi connectivity index (χ0) is 11.8. The summed E-state index contributed by atoms with van der Waals surface area (Å²) in [5.74, 6) is 0.498. The quantitative estimate of drug-likeness (QED) is 0.683. The first-order chi connectivity index (χ1) is 7.77. The van der Waals surface area contributed by atoms with Crippen LogP contribution in [0.2, 0.25) is 0 Å². The van der Waals surface area contributed by atoms with Crippen LogP contribution in [0, 0.1) is 5.92 Å². The minimum atomic E-state index is 0.406. The monoisotopic (exact) mass is 228 g/mol. The van der Waals surface area contributed by atoms with E-state index in [4.69, 9.17) is 10.5 Å². The van der Waals surface area contributed by atoms with Crippen LogP contribution in [0.4, 0.5) is 0 Å². The van der Waals surface area contributed by atoms with Crippen molar-refractivity contribution in [1.82, 2.24) is 5.32 Å². The molecule has 0 amide bonds. The van der Waals surface area contributed by atoms with Crippen molar-refractivity contribution in [1.29, 1.82) is 0 Å². The fourth-order valence-electron chi connectivity index (χ4n) is 2.59. The second-order valence-corrected chi connectivity index (χ2v) is 5.13. The maximum atomic E-state index is 5.84. The van der Waals surface area contributed by atoms with Gasteiger partial charge in [-0.2, -0.15) is 0 Å². The molecule has 1 fully saturated rings. The van der Waals surface area contributed by atoms with Gasteiger partial charge in [-0.1, -0.05) is 32.6 Å². The minimum absolute atomic E-state index is 0.406. The second kappa shape index (κ2) is 8.04. The summed E-state index contributed by atoms with van der Waals surface area (Å²) in [6, 6.07) is 1.08. The molecule has 0 radical (unpaired) electrons. The first-order valence-electron chi connectivity index (χ1n) is 6.73. The number of ether oxygens (including phenoxy) is 1. The third-order valence-corrected chi connectivity index (χ3v) is 3.68. The fraction of sp³-hybridized carbons (Fsp3) is 1.00. The summed E-state index contributed by atoms with van der Waals surface area (Å²) in [7, 11) is 1.76. The summed E-state index contributed by atoms with van der Waals surface area (Å²) >= 11 is 0. The number of nitrogens with one attached hydrogen (secondary N) is 1. The molecule has 3 nitrogen and oxygen atoms in total. The van der Waals surface area contributed by atoms with E-state index in [1.807, 2.05) is 0 Å². The van der Waals surface area contributed by atoms with E-state index in [1.54, 1.807) is 7.11 Å². The van der Waals surface area contributed by atoms with Gasteiger partial charge in [0.25, 0.3) is 0 Å².